The van der Waals surface area contributed by atoms with E-state index in [2.05, 4.69) is 82.9 Å². The van der Waals surface area contributed by atoms with E-state index < -0.39 is 8.07 Å². The molecule has 0 amide bonds. The molecule has 1 heterocycles. The van der Waals surface area contributed by atoms with E-state index in [4.69, 9.17) is 10.1 Å². The Kier molecular flexibility index (Phi) is 9.56. The first-order valence-electron chi connectivity index (χ1n) is 10.2. The maximum Gasteiger partial charge on any atom is 0.155 e. The minimum atomic E-state index is -1.30. The second-order valence-corrected chi connectivity index (χ2v) is 14.0. The number of hydrogen-bond acceptors (Lipinski definition) is 3. The van der Waals surface area contributed by atoms with E-state index in [-0.39, 0.29) is 31.6 Å². The zero-order valence-electron chi connectivity index (χ0n) is 19.7. The van der Waals surface area contributed by atoms with E-state index in [0.717, 1.165) is 22.3 Å². The third kappa shape index (κ3) is 7.84. The first-order valence-corrected chi connectivity index (χ1v) is 13.7. The Morgan fingerprint density at radius 3 is 2.16 bits per heavy atom. The monoisotopic (exact) mass is 611 g/mol. The first-order chi connectivity index (χ1) is 13.9. The average molecular weight is 611 g/mol. The van der Waals surface area contributed by atoms with E-state index in [0.29, 0.717) is 0 Å². The van der Waals surface area contributed by atoms with Crippen LogP contribution in [0.5, 0.6) is 0 Å². The van der Waals surface area contributed by atoms with Crippen LogP contribution in [-0.2, 0) is 24.9 Å². The van der Waals surface area contributed by atoms with Crippen LogP contribution < -0.4 is 5.19 Å². The number of fused-ring (bicyclic) bond motifs is 1. The van der Waals surface area contributed by atoms with Crippen molar-refractivity contribution in [1.82, 2.24) is 4.98 Å². The Morgan fingerprint density at radius 2 is 1.68 bits per heavy atom. The van der Waals surface area contributed by atoms with Gasteiger partial charge in [-0.1, -0.05) is 56.9 Å². The summed E-state index contributed by atoms with van der Waals surface area (Å²) in [6, 6.07) is 16.7. The second-order valence-electron chi connectivity index (χ2n) is 8.96. The number of aliphatic hydroxyl groups excluding tert-OH is 1. The molecule has 167 valence electrons. The molecule has 0 saturated carbocycles. The molecule has 5 heteroatoms. The summed E-state index contributed by atoms with van der Waals surface area (Å²) in [6.07, 6.45) is 1.17. The van der Waals surface area contributed by atoms with E-state index in [9.17, 15) is 4.79 Å². The van der Waals surface area contributed by atoms with Crippen LogP contribution in [0.25, 0.3) is 22.2 Å². The fourth-order valence-corrected chi connectivity index (χ4v) is 4.49. The number of benzene rings is 2. The molecule has 0 unspecified atom stereocenters. The normalized spacial score (nSPS) is 11.4. The number of aliphatic hydroxyl groups is 1. The molecular formula is C26H32IrNO2Si-. The Balaban J connectivity index is 0.000000523. The molecule has 3 rings (SSSR count). The smallest absolute Gasteiger partial charge is 0.155 e. The van der Waals surface area contributed by atoms with Crippen LogP contribution in [0.2, 0.25) is 19.6 Å². The van der Waals surface area contributed by atoms with Gasteiger partial charge in [0.05, 0.1) is 19.3 Å². The quantitative estimate of drug-likeness (QED) is 0.166. The molecule has 0 aliphatic rings. The summed E-state index contributed by atoms with van der Waals surface area (Å²) >= 11 is 0. The minimum Gasteiger partial charge on any atom is -0.512 e. The molecule has 1 aromatic heterocycles. The third-order valence-corrected chi connectivity index (χ3v) is 6.76. The van der Waals surface area contributed by atoms with Gasteiger partial charge in [0.15, 0.2) is 5.78 Å². The van der Waals surface area contributed by atoms with Gasteiger partial charge in [-0.2, -0.15) is 0 Å². The van der Waals surface area contributed by atoms with Crippen LogP contribution in [0.4, 0.5) is 0 Å². The maximum absolute atomic E-state index is 10.0. The van der Waals surface area contributed by atoms with E-state index in [1.807, 2.05) is 0 Å². The maximum atomic E-state index is 10.0. The summed E-state index contributed by atoms with van der Waals surface area (Å²) in [5, 5.41) is 11.1. The van der Waals surface area contributed by atoms with Gasteiger partial charge in [-0.05, 0) is 38.1 Å². The fourth-order valence-electron chi connectivity index (χ4n) is 3.33. The van der Waals surface area contributed by atoms with Crippen molar-refractivity contribution in [1.29, 1.82) is 0 Å². The molecule has 1 radical (unpaired) electrons. The molecule has 0 spiro atoms. The number of allylic oxidation sites excluding steroid dienone is 2. The van der Waals surface area contributed by atoms with Gasteiger partial charge in [-0.25, -0.2) is 0 Å². The summed E-state index contributed by atoms with van der Waals surface area (Å²) < 4.78 is 0. The molecule has 0 bridgehead atoms. The van der Waals surface area contributed by atoms with Crippen molar-refractivity contribution in [3.05, 3.63) is 71.0 Å². The molecule has 0 aliphatic carbocycles. The summed E-state index contributed by atoms with van der Waals surface area (Å²) in [4.78, 5) is 14.9. The molecule has 31 heavy (non-hydrogen) atoms. The number of nitrogens with zero attached hydrogens (tertiary/aromatic N) is 1. The number of ketones is 1. The molecule has 3 aromatic rings. The van der Waals surface area contributed by atoms with Gasteiger partial charge in [0, 0.05) is 31.6 Å². The van der Waals surface area contributed by atoms with Crippen LogP contribution in [0.3, 0.4) is 0 Å². The van der Waals surface area contributed by atoms with Gasteiger partial charge in [0.25, 0.3) is 0 Å². The van der Waals surface area contributed by atoms with Crippen LogP contribution in [0.1, 0.15) is 30.5 Å². The molecule has 3 nitrogen and oxygen atoms in total. The third-order valence-electron chi connectivity index (χ3n) is 4.72. The molecule has 1 N–H and O–H groups in total. The molecule has 2 aromatic carbocycles. The SMILES string of the molecule is CC(=O)/C=C(/C)O.Cc1[c-]c(-c2cc(C)c3cc([Si](C)(C)C)ccc3n2)cc(C)c1.[Ir]. The molecule has 0 fully saturated rings. The molecule has 0 aliphatic heterocycles. The number of aromatic nitrogens is 1. The summed E-state index contributed by atoms with van der Waals surface area (Å²) in [5.41, 5.74) is 6.88. The van der Waals surface area contributed by atoms with Gasteiger partial charge in [-0.15, -0.1) is 34.9 Å². The molecular weight excluding hydrogens is 579 g/mol. The predicted octanol–water partition coefficient (Wildman–Crippen LogP) is 6.21. The largest absolute Gasteiger partial charge is 0.512 e. The standard InChI is InChI=1S/C21H24NSi.C5H8O2.Ir/c1-14-9-15(2)11-17(10-14)21-12-16(3)19-13-18(23(4,5)6)7-8-20(19)22-21;1-4(6)3-5(2)7;/h7-10,12-13H,1-6H3;3,6H,1-2H3;/q-1;;/b;4-3-;. The Labute approximate surface area is 201 Å². The van der Waals surface area contributed by atoms with Gasteiger partial charge < -0.3 is 5.11 Å². The average Bonchev–Trinajstić information content (AvgIpc) is 2.59. The van der Waals surface area contributed by atoms with Crippen LogP contribution in [-0.4, -0.2) is 23.9 Å². The number of aryl methyl sites for hydroxylation is 3. The Bertz CT molecular complexity index is 1090. The number of pyridine rings is 1. The summed E-state index contributed by atoms with van der Waals surface area (Å²) in [5.74, 6) is -0.0625. The van der Waals surface area contributed by atoms with Crippen molar-refractivity contribution in [3.8, 4) is 11.3 Å². The topological polar surface area (TPSA) is 50.2 Å². The number of carbonyl (C=O) groups excluding carboxylic acids is 1. The van der Waals surface area contributed by atoms with Gasteiger partial charge in [0.1, 0.15) is 0 Å². The first kappa shape index (κ1) is 27.0. The van der Waals surface area contributed by atoms with Crippen molar-refractivity contribution in [2.45, 2.75) is 54.3 Å². The van der Waals surface area contributed by atoms with Crippen LogP contribution >= 0.6 is 0 Å². The van der Waals surface area contributed by atoms with Crippen LogP contribution in [0.15, 0.2) is 48.2 Å². The van der Waals surface area contributed by atoms with E-state index in [1.165, 1.54) is 41.6 Å². The van der Waals surface area contributed by atoms with Gasteiger partial charge >= 0.3 is 0 Å². The summed E-state index contributed by atoms with van der Waals surface area (Å²) in [6.45, 7) is 16.4. The van der Waals surface area contributed by atoms with E-state index in [1.54, 1.807) is 0 Å². The Morgan fingerprint density at radius 1 is 1.03 bits per heavy atom. The molecule has 0 saturated heterocycles. The van der Waals surface area contributed by atoms with Crippen molar-refractivity contribution in [2.24, 2.45) is 0 Å². The number of rotatable bonds is 3. The van der Waals surface area contributed by atoms with Crippen molar-refractivity contribution in [2.75, 3.05) is 0 Å². The predicted molar refractivity (Wildman–Crippen MR) is 130 cm³/mol. The Hall–Kier alpha value is -2.07. The summed E-state index contributed by atoms with van der Waals surface area (Å²) in [7, 11) is -1.30. The zero-order valence-corrected chi connectivity index (χ0v) is 23.1. The van der Waals surface area contributed by atoms with Crippen molar-refractivity contribution >= 4 is 29.9 Å². The fraction of sp³-hybridized carbons (Fsp3) is 0.308. The van der Waals surface area contributed by atoms with Crippen molar-refractivity contribution in [3.63, 3.8) is 0 Å². The van der Waals surface area contributed by atoms with Gasteiger partial charge in [-0.3, -0.25) is 9.78 Å². The minimum absolute atomic E-state index is 0. The molecule has 0 atom stereocenters. The number of carbonyl (C=O) groups is 1. The van der Waals surface area contributed by atoms with Gasteiger partial charge in [0.2, 0.25) is 0 Å². The number of hydrogen-bond donors (Lipinski definition) is 1. The van der Waals surface area contributed by atoms with Crippen LogP contribution in [0, 0.1) is 26.8 Å². The second kappa shape index (κ2) is 11.0. The zero-order chi connectivity index (χ0) is 22.6. The van der Waals surface area contributed by atoms with Crippen molar-refractivity contribution < 1.29 is 30.0 Å². The van der Waals surface area contributed by atoms with E-state index >= 15 is 0 Å².